The number of hydrogen-bond acceptors (Lipinski definition) is 1. The maximum Gasteiger partial charge on any atom is 0.0798 e. The van der Waals surface area contributed by atoms with Crippen LogP contribution in [0, 0.1) is 9.34 Å². The smallest absolute Gasteiger partial charge is 0.0798 e. The second-order valence-electron chi connectivity index (χ2n) is 1.17. The molecule has 0 saturated heterocycles. The molecule has 0 bridgehead atoms. The van der Waals surface area contributed by atoms with Gasteiger partial charge in [0, 0.05) is 3.57 Å². The van der Waals surface area contributed by atoms with Gasteiger partial charge in [0.15, 0.2) is 0 Å². The highest BCUT2D eigenvalue weighted by atomic mass is 127. The van der Waals surface area contributed by atoms with E-state index in [2.05, 4.69) is 73.8 Å². The normalized spacial score (nSPS) is 9.88. The quantitative estimate of drug-likeness (QED) is 0.518. The molecular weight excluding hydrogens is 461 g/mol. The molecule has 0 nitrogen and oxygen atoms in total. The van der Waals surface area contributed by atoms with Crippen molar-refractivity contribution >= 4 is 79.1 Å². The molecule has 0 aliphatic rings. The molecule has 44 valence electrons. The Labute approximate surface area is 92.9 Å². The molecule has 0 amide bonds. The molecule has 0 aliphatic carbocycles. The zero-order chi connectivity index (χ0) is 6.15. The van der Waals surface area contributed by atoms with Gasteiger partial charge in [0.2, 0.25) is 0 Å². The van der Waals surface area contributed by atoms with Crippen molar-refractivity contribution in [1.82, 2.24) is 0 Å². The average molecular weight is 462 g/mol. The Morgan fingerprint density at radius 3 is 2.00 bits per heavy atom. The van der Waals surface area contributed by atoms with Gasteiger partial charge in [-0.05, 0) is 73.8 Å². The lowest BCUT2D eigenvalue weighted by Gasteiger charge is -1.74. The first-order valence-electron chi connectivity index (χ1n) is 1.80. The Morgan fingerprint density at radius 1 is 1.25 bits per heavy atom. The minimum Gasteiger partial charge on any atom is -0.122 e. The van der Waals surface area contributed by atoms with Gasteiger partial charge in [-0.15, -0.1) is 11.3 Å². The van der Waals surface area contributed by atoms with Gasteiger partial charge in [-0.25, -0.2) is 0 Å². The van der Waals surface area contributed by atoms with E-state index in [9.17, 15) is 0 Å². The van der Waals surface area contributed by atoms with Gasteiger partial charge in [0.05, 0.1) is 5.77 Å². The summed E-state index contributed by atoms with van der Waals surface area (Å²) in [7, 11) is 0. The summed E-state index contributed by atoms with van der Waals surface area (Å²) < 4.78 is 4.14. The number of rotatable bonds is 0. The van der Waals surface area contributed by atoms with Crippen molar-refractivity contribution < 1.29 is 0 Å². The van der Waals surface area contributed by atoms with E-state index in [1.165, 1.54) is 9.34 Å². The van der Waals surface area contributed by atoms with Crippen LogP contribution < -0.4 is 0 Å². The zero-order valence-corrected chi connectivity index (χ0v) is 10.9. The van der Waals surface area contributed by atoms with Crippen molar-refractivity contribution in [3.05, 3.63) is 15.4 Å². The van der Waals surface area contributed by atoms with Crippen LogP contribution in [0.4, 0.5) is 0 Å². The number of halogens is 3. The first-order chi connectivity index (χ1) is 3.70. The van der Waals surface area contributed by atoms with Crippen molar-refractivity contribution in [1.29, 1.82) is 0 Å². The highest BCUT2D eigenvalue weighted by molar-refractivity contribution is 14.1. The third-order valence-corrected chi connectivity index (χ3v) is 5.79. The highest BCUT2D eigenvalue weighted by Crippen LogP contribution is 2.26. The molecule has 0 unspecified atom stereocenters. The summed E-state index contributed by atoms with van der Waals surface area (Å²) in [5, 5.41) is 0. The van der Waals surface area contributed by atoms with Gasteiger partial charge in [0.25, 0.3) is 0 Å². The van der Waals surface area contributed by atoms with Crippen LogP contribution in [0.3, 0.4) is 0 Å². The molecule has 1 heterocycles. The van der Waals surface area contributed by atoms with Gasteiger partial charge in [-0.2, -0.15) is 0 Å². The summed E-state index contributed by atoms with van der Waals surface area (Å²) in [5.74, 6) is 0. The lowest BCUT2D eigenvalue weighted by atomic mass is 10.7. The zero-order valence-electron chi connectivity index (χ0n) is 3.62. The van der Waals surface area contributed by atoms with Crippen molar-refractivity contribution in [2.45, 2.75) is 0 Å². The van der Waals surface area contributed by atoms with Gasteiger partial charge in [0.1, 0.15) is 0 Å². The summed E-state index contributed by atoms with van der Waals surface area (Å²) in [6.07, 6.45) is 0. The number of thiophene rings is 1. The Bertz CT molecular complexity index is 174. The van der Waals surface area contributed by atoms with Crippen LogP contribution >= 0.6 is 79.1 Å². The van der Waals surface area contributed by atoms with E-state index < -0.39 is 0 Å². The molecule has 4 heteroatoms. The van der Waals surface area contributed by atoms with Crippen molar-refractivity contribution in [3.63, 3.8) is 0 Å². The van der Waals surface area contributed by atoms with E-state index in [-0.39, 0.29) is 0 Å². The van der Waals surface area contributed by atoms with E-state index in [0.717, 1.165) is 0 Å². The summed E-state index contributed by atoms with van der Waals surface area (Å²) in [4.78, 5) is 0. The molecule has 0 saturated carbocycles. The molecule has 0 atom stereocenters. The molecule has 1 rings (SSSR count). The van der Waals surface area contributed by atoms with Gasteiger partial charge < -0.3 is 0 Å². The Morgan fingerprint density at radius 2 is 1.88 bits per heavy atom. The number of hydrogen-bond donors (Lipinski definition) is 0. The molecule has 0 spiro atoms. The molecule has 1 aromatic rings. The second kappa shape index (κ2) is 3.33. The maximum absolute atomic E-state index is 2.35. The first kappa shape index (κ1) is 7.99. The summed E-state index contributed by atoms with van der Waals surface area (Å²) in [5.41, 5.74) is 0. The Hall–Kier alpha value is 1.89. The molecule has 0 fully saturated rings. The van der Waals surface area contributed by atoms with E-state index in [1.54, 1.807) is 0 Å². The minimum atomic E-state index is 1.37. The van der Waals surface area contributed by atoms with Gasteiger partial charge in [-0.1, -0.05) is 0 Å². The van der Waals surface area contributed by atoms with E-state index >= 15 is 0 Å². The van der Waals surface area contributed by atoms with E-state index in [4.69, 9.17) is 0 Å². The average Bonchev–Trinajstić information content (AvgIpc) is 1.85. The van der Waals surface area contributed by atoms with Gasteiger partial charge >= 0.3 is 0 Å². The predicted molar refractivity (Wildman–Crippen MR) is 62.5 cm³/mol. The van der Waals surface area contributed by atoms with Crippen LogP contribution in [0.15, 0.2) is 6.07 Å². The second-order valence-corrected chi connectivity index (χ2v) is 7.09. The lowest BCUT2D eigenvalue weighted by molar-refractivity contribution is 1.80. The predicted octanol–water partition coefficient (Wildman–Crippen LogP) is 3.56. The molecule has 0 N–H and O–H groups in total. The van der Waals surface area contributed by atoms with Crippen LogP contribution in [0.1, 0.15) is 0 Å². The molecule has 0 radical (unpaired) electrons. The van der Waals surface area contributed by atoms with Crippen LogP contribution in [-0.4, -0.2) is 0 Å². The monoisotopic (exact) mass is 462 g/mol. The van der Waals surface area contributed by atoms with Crippen molar-refractivity contribution in [3.8, 4) is 0 Å². The van der Waals surface area contributed by atoms with Crippen LogP contribution in [0.25, 0.3) is 0 Å². The summed E-state index contributed by atoms with van der Waals surface area (Å²) in [6.45, 7) is 0. The van der Waals surface area contributed by atoms with E-state index in [0.29, 0.717) is 0 Å². The first-order valence-corrected chi connectivity index (χ1v) is 5.86. The van der Waals surface area contributed by atoms with Crippen molar-refractivity contribution in [2.24, 2.45) is 0 Å². The van der Waals surface area contributed by atoms with Crippen LogP contribution in [0.5, 0.6) is 0 Å². The maximum atomic E-state index is 2.35. The fraction of sp³-hybridized carbons (Fsp3) is 0. The topological polar surface area (TPSA) is 0 Å². The fourth-order valence-corrected chi connectivity index (χ4v) is 5.38. The molecule has 1 aromatic heterocycles. The Balaban J connectivity index is 3.14. The molecular formula is C4HI3S. The summed E-state index contributed by atoms with van der Waals surface area (Å²) in [6, 6.07) is 2.19. The molecule has 0 aromatic carbocycles. The largest absolute Gasteiger partial charge is 0.122 e. The fourth-order valence-electron chi connectivity index (χ4n) is 0.320. The van der Waals surface area contributed by atoms with Crippen LogP contribution in [0.2, 0.25) is 0 Å². The SMILES string of the molecule is Ic1cc(I)c(I)s1. The minimum absolute atomic E-state index is 1.37. The highest BCUT2D eigenvalue weighted by Gasteiger charge is 1.98. The molecule has 8 heavy (non-hydrogen) atoms. The van der Waals surface area contributed by atoms with Gasteiger partial charge in [-0.3, -0.25) is 0 Å². The summed E-state index contributed by atoms with van der Waals surface area (Å²) >= 11 is 8.86. The van der Waals surface area contributed by atoms with Crippen LogP contribution in [-0.2, 0) is 0 Å². The lowest BCUT2D eigenvalue weighted by Crippen LogP contribution is -1.58. The van der Waals surface area contributed by atoms with E-state index in [1.807, 2.05) is 11.3 Å². The third-order valence-electron chi connectivity index (χ3n) is 0.615. The Kier molecular flexibility index (Phi) is 3.33. The molecule has 0 aliphatic heterocycles. The third kappa shape index (κ3) is 1.94. The van der Waals surface area contributed by atoms with Crippen molar-refractivity contribution in [2.75, 3.05) is 0 Å². The standard InChI is InChI=1S/C4HI3S/c5-2-1-3(6)8-4(2)7/h1H.